The summed E-state index contributed by atoms with van der Waals surface area (Å²) in [6, 6.07) is 9.27. The Hall–Kier alpha value is -2.23. The first kappa shape index (κ1) is 9.33. The topological polar surface area (TPSA) is 56.0 Å². The number of pyridine rings is 1. The van der Waals surface area contributed by atoms with Crippen LogP contribution in [0.25, 0.3) is 17.0 Å². The zero-order valence-corrected chi connectivity index (χ0v) is 7.83. The van der Waals surface area contributed by atoms with Gasteiger partial charge in [-0.05, 0) is 23.8 Å². The molecule has 0 aliphatic heterocycles. The van der Waals surface area contributed by atoms with Crippen molar-refractivity contribution in [1.82, 2.24) is 4.98 Å². The molecular formula is C11H8N2O2. The maximum atomic E-state index is 10.1. The predicted octanol–water partition coefficient (Wildman–Crippen LogP) is 2.48. The number of hydrogen-bond acceptors (Lipinski definition) is 3. The van der Waals surface area contributed by atoms with Gasteiger partial charge in [-0.25, -0.2) is 0 Å². The second-order valence-corrected chi connectivity index (χ2v) is 3.06. The molecule has 0 radical (unpaired) electrons. The van der Waals surface area contributed by atoms with Gasteiger partial charge in [0.1, 0.15) is 0 Å². The molecule has 0 aliphatic carbocycles. The molecule has 0 spiro atoms. The average Bonchev–Trinajstić information content (AvgIpc) is 2.26. The van der Waals surface area contributed by atoms with Gasteiger partial charge in [-0.2, -0.15) is 0 Å². The summed E-state index contributed by atoms with van der Waals surface area (Å²) < 4.78 is 0. The third-order valence-corrected chi connectivity index (χ3v) is 2.02. The predicted molar refractivity (Wildman–Crippen MR) is 57.8 cm³/mol. The highest BCUT2D eigenvalue weighted by molar-refractivity contribution is 5.80. The molecule has 4 nitrogen and oxygen atoms in total. The largest absolute Gasteiger partial charge is 0.259 e. The molecule has 15 heavy (non-hydrogen) atoms. The van der Waals surface area contributed by atoms with E-state index < -0.39 is 4.92 Å². The second kappa shape index (κ2) is 3.88. The van der Waals surface area contributed by atoms with E-state index in [0.29, 0.717) is 0 Å². The van der Waals surface area contributed by atoms with Crippen LogP contribution >= 0.6 is 0 Å². The Morgan fingerprint density at radius 2 is 2.20 bits per heavy atom. The molecule has 1 heterocycles. The van der Waals surface area contributed by atoms with Crippen molar-refractivity contribution < 1.29 is 4.92 Å². The minimum absolute atomic E-state index is 0.479. The Morgan fingerprint density at radius 1 is 1.33 bits per heavy atom. The standard InChI is InChI=1S/C11H8N2O2/c14-13(15)7-5-9-3-4-11-10(8-9)2-1-6-12-11/h1-8H/b7-5+. The van der Waals surface area contributed by atoms with Crippen LogP contribution in [0.15, 0.2) is 42.7 Å². The van der Waals surface area contributed by atoms with Gasteiger partial charge in [0, 0.05) is 17.7 Å². The number of nitro groups is 1. The highest BCUT2D eigenvalue weighted by Gasteiger charge is 1.95. The fourth-order valence-corrected chi connectivity index (χ4v) is 1.34. The van der Waals surface area contributed by atoms with Crippen LogP contribution in [0.1, 0.15) is 5.56 Å². The van der Waals surface area contributed by atoms with Crippen LogP contribution in [0.4, 0.5) is 0 Å². The first-order valence-corrected chi connectivity index (χ1v) is 4.42. The molecule has 0 saturated heterocycles. The number of aromatic nitrogens is 1. The lowest BCUT2D eigenvalue weighted by molar-refractivity contribution is -0.400. The van der Waals surface area contributed by atoms with Gasteiger partial charge in [-0.1, -0.05) is 12.1 Å². The van der Waals surface area contributed by atoms with Crippen molar-refractivity contribution in [2.24, 2.45) is 0 Å². The highest BCUT2D eigenvalue weighted by atomic mass is 16.6. The van der Waals surface area contributed by atoms with E-state index in [-0.39, 0.29) is 0 Å². The summed E-state index contributed by atoms with van der Waals surface area (Å²) in [6.07, 6.45) is 4.11. The van der Waals surface area contributed by atoms with Gasteiger partial charge < -0.3 is 0 Å². The third-order valence-electron chi connectivity index (χ3n) is 2.02. The van der Waals surface area contributed by atoms with Crippen LogP contribution in [0.3, 0.4) is 0 Å². The fraction of sp³-hybridized carbons (Fsp3) is 0. The lowest BCUT2D eigenvalue weighted by Gasteiger charge is -1.96. The number of benzene rings is 1. The first-order valence-electron chi connectivity index (χ1n) is 4.42. The smallest absolute Gasteiger partial charge is 0.235 e. The summed E-state index contributed by atoms with van der Waals surface area (Å²) >= 11 is 0. The summed E-state index contributed by atoms with van der Waals surface area (Å²) in [5, 5.41) is 11.1. The van der Waals surface area contributed by atoms with Crippen LogP contribution in [0, 0.1) is 10.1 Å². The molecule has 2 rings (SSSR count). The van der Waals surface area contributed by atoms with Crippen molar-refractivity contribution in [3.63, 3.8) is 0 Å². The van der Waals surface area contributed by atoms with Crippen molar-refractivity contribution in [3.05, 3.63) is 58.4 Å². The number of fused-ring (bicyclic) bond motifs is 1. The maximum Gasteiger partial charge on any atom is 0.235 e. The van der Waals surface area contributed by atoms with Gasteiger partial charge in [0.15, 0.2) is 0 Å². The van der Waals surface area contributed by atoms with E-state index in [0.717, 1.165) is 22.7 Å². The van der Waals surface area contributed by atoms with Crippen LogP contribution in [-0.4, -0.2) is 9.91 Å². The van der Waals surface area contributed by atoms with E-state index in [1.165, 1.54) is 6.08 Å². The van der Waals surface area contributed by atoms with Gasteiger partial charge in [0.05, 0.1) is 10.4 Å². The molecular weight excluding hydrogens is 192 g/mol. The lowest BCUT2D eigenvalue weighted by atomic mass is 10.1. The molecule has 0 fully saturated rings. The van der Waals surface area contributed by atoms with Gasteiger partial charge in [0.2, 0.25) is 6.20 Å². The van der Waals surface area contributed by atoms with E-state index in [1.54, 1.807) is 12.3 Å². The van der Waals surface area contributed by atoms with Crippen molar-refractivity contribution in [2.45, 2.75) is 0 Å². The molecule has 1 aromatic carbocycles. The van der Waals surface area contributed by atoms with E-state index >= 15 is 0 Å². The normalized spacial score (nSPS) is 10.9. The molecule has 0 unspecified atom stereocenters. The Labute approximate surface area is 86.0 Å². The number of hydrogen-bond donors (Lipinski definition) is 0. The second-order valence-electron chi connectivity index (χ2n) is 3.06. The minimum atomic E-state index is -0.479. The Balaban J connectivity index is 2.43. The van der Waals surface area contributed by atoms with Crippen LogP contribution in [-0.2, 0) is 0 Å². The SMILES string of the molecule is O=[N+]([O-])/C=C/c1ccc2ncccc2c1. The lowest BCUT2D eigenvalue weighted by Crippen LogP contribution is -1.83. The van der Waals surface area contributed by atoms with Crippen molar-refractivity contribution >= 4 is 17.0 Å². The van der Waals surface area contributed by atoms with Gasteiger partial charge in [-0.15, -0.1) is 0 Å². The van der Waals surface area contributed by atoms with Gasteiger partial charge >= 0.3 is 0 Å². The first-order chi connectivity index (χ1) is 7.25. The van der Waals surface area contributed by atoms with Crippen LogP contribution in [0.2, 0.25) is 0 Å². The van der Waals surface area contributed by atoms with E-state index in [4.69, 9.17) is 0 Å². The van der Waals surface area contributed by atoms with Crippen molar-refractivity contribution in [3.8, 4) is 0 Å². The number of nitrogens with zero attached hydrogens (tertiary/aromatic N) is 2. The molecule has 4 heteroatoms. The van der Waals surface area contributed by atoms with Crippen molar-refractivity contribution in [1.29, 1.82) is 0 Å². The molecule has 0 saturated carbocycles. The average molecular weight is 200 g/mol. The van der Waals surface area contributed by atoms with Gasteiger partial charge in [0.25, 0.3) is 0 Å². The zero-order valence-electron chi connectivity index (χ0n) is 7.83. The fourth-order valence-electron chi connectivity index (χ4n) is 1.34. The summed E-state index contributed by atoms with van der Waals surface area (Å²) in [5.74, 6) is 0. The van der Waals surface area contributed by atoms with E-state index in [1.807, 2.05) is 24.3 Å². The molecule has 1 aromatic heterocycles. The molecule has 0 aliphatic rings. The van der Waals surface area contributed by atoms with Crippen LogP contribution < -0.4 is 0 Å². The minimum Gasteiger partial charge on any atom is -0.259 e. The molecule has 2 aromatic rings. The Kier molecular flexibility index (Phi) is 2.41. The monoisotopic (exact) mass is 200 g/mol. The van der Waals surface area contributed by atoms with Crippen LogP contribution in [0.5, 0.6) is 0 Å². The Morgan fingerprint density at radius 3 is 3.00 bits per heavy atom. The highest BCUT2D eigenvalue weighted by Crippen LogP contribution is 2.14. The maximum absolute atomic E-state index is 10.1. The third kappa shape index (κ3) is 2.17. The van der Waals surface area contributed by atoms with E-state index in [2.05, 4.69) is 4.98 Å². The van der Waals surface area contributed by atoms with E-state index in [9.17, 15) is 10.1 Å². The number of rotatable bonds is 2. The summed E-state index contributed by atoms with van der Waals surface area (Å²) in [7, 11) is 0. The Bertz CT molecular complexity index is 535. The van der Waals surface area contributed by atoms with Gasteiger partial charge in [-0.3, -0.25) is 15.1 Å². The molecule has 0 bridgehead atoms. The molecule has 0 amide bonds. The molecule has 74 valence electrons. The molecule has 0 N–H and O–H groups in total. The summed E-state index contributed by atoms with van der Waals surface area (Å²) in [5.41, 5.74) is 1.68. The molecule has 0 atom stereocenters. The summed E-state index contributed by atoms with van der Waals surface area (Å²) in [6.45, 7) is 0. The zero-order chi connectivity index (χ0) is 10.7. The van der Waals surface area contributed by atoms with Crippen molar-refractivity contribution in [2.75, 3.05) is 0 Å². The quantitative estimate of drug-likeness (QED) is 0.552. The summed E-state index contributed by atoms with van der Waals surface area (Å²) in [4.78, 5) is 13.8.